The summed E-state index contributed by atoms with van der Waals surface area (Å²) in [5.74, 6) is 0. The molecule has 0 amide bonds. The molecule has 18 heavy (non-hydrogen) atoms. The van der Waals surface area contributed by atoms with E-state index in [2.05, 4.69) is 33.0 Å². The molecule has 0 heterocycles. The number of nitro groups is 1. The largest absolute Gasteiger partial charge is 0.310 e. The molecule has 1 rings (SSSR count). The van der Waals surface area contributed by atoms with Crippen LogP contribution in [0.15, 0.2) is 24.3 Å². The van der Waals surface area contributed by atoms with Crippen LogP contribution >= 0.6 is 0 Å². The average molecular weight is 250 g/mol. The summed E-state index contributed by atoms with van der Waals surface area (Å²) >= 11 is 0. The van der Waals surface area contributed by atoms with Crippen LogP contribution in [0.3, 0.4) is 0 Å². The third-order valence-corrected chi connectivity index (χ3v) is 2.93. The zero-order valence-corrected chi connectivity index (χ0v) is 11.6. The minimum absolute atomic E-state index is 0.139. The molecule has 0 radical (unpaired) electrons. The van der Waals surface area contributed by atoms with Crippen LogP contribution in [0, 0.1) is 15.5 Å². The van der Waals surface area contributed by atoms with E-state index >= 15 is 0 Å². The number of nitrogens with one attached hydrogen (secondary N) is 1. The zero-order valence-electron chi connectivity index (χ0n) is 11.6. The first-order valence-corrected chi connectivity index (χ1v) is 6.27. The summed E-state index contributed by atoms with van der Waals surface area (Å²) in [6.45, 7) is 9.66. The Bertz CT molecular complexity index is 393. The monoisotopic (exact) mass is 250 g/mol. The van der Waals surface area contributed by atoms with Gasteiger partial charge in [0.05, 0.1) is 4.92 Å². The summed E-state index contributed by atoms with van der Waals surface area (Å²) in [6, 6.07) is 6.95. The lowest BCUT2D eigenvalue weighted by atomic mass is 9.92. The Hall–Kier alpha value is -1.42. The second-order valence-electron chi connectivity index (χ2n) is 5.84. The van der Waals surface area contributed by atoms with Gasteiger partial charge in [-0.05, 0) is 30.9 Å². The minimum Gasteiger partial charge on any atom is -0.310 e. The van der Waals surface area contributed by atoms with Gasteiger partial charge in [-0.2, -0.15) is 0 Å². The molecule has 0 fully saturated rings. The molecule has 0 saturated carbocycles. The van der Waals surface area contributed by atoms with Gasteiger partial charge in [-0.15, -0.1) is 0 Å². The van der Waals surface area contributed by atoms with Crippen LogP contribution in [0.25, 0.3) is 0 Å². The summed E-state index contributed by atoms with van der Waals surface area (Å²) < 4.78 is 0. The van der Waals surface area contributed by atoms with Gasteiger partial charge >= 0.3 is 0 Å². The van der Waals surface area contributed by atoms with Gasteiger partial charge in [-0.25, -0.2) is 0 Å². The molecular formula is C14H22N2O2. The second-order valence-corrected chi connectivity index (χ2v) is 5.84. The summed E-state index contributed by atoms with van der Waals surface area (Å²) in [5, 5.41) is 14.0. The van der Waals surface area contributed by atoms with Crippen molar-refractivity contribution in [3.8, 4) is 0 Å². The Morgan fingerprint density at radius 1 is 1.28 bits per heavy atom. The number of benzene rings is 1. The highest BCUT2D eigenvalue weighted by Gasteiger charge is 2.12. The lowest BCUT2D eigenvalue weighted by molar-refractivity contribution is -0.384. The molecule has 0 aromatic heterocycles. The lowest BCUT2D eigenvalue weighted by Gasteiger charge is -2.20. The highest BCUT2D eigenvalue weighted by Crippen LogP contribution is 2.20. The van der Waals surface area contributed by atoms with E-state index in [-0.39, 0.29) is 16.7 Å². The van der Waals surface area contributed by atoms with E-state index in [9.17, 15) is 10.1 Å². The molecule has 100 valence electrons. The Labute approximate surface area is 109 Å². The average Bonchev–Trinajstić information content (AvgIpc) is 2.27. The summed E-state index contributed by atoms with van der Waals surface area (Å²) in [7, 11) is 0. The van der Waals surface area contributed by atoms with E-state index in [1.807, 2.05) is 12.1 Å². The molecule has 4 nitrogen and oxygen atoms in total. The van der Waals surface area contributed by atoms with Crippen LogP contribution in [0.4, 0.5) is 5.69 Å². The molecule has 0 aliphatic carbocycles. The van der Waals surface area contributed by atoms with E-state index in [1.165, 1.54) is 0 Å². The Balaban J connectivity index is 2.51. The highest BCUT2D eigenvalue weighted by molar-refractivity contribution is 5.33. The van der Waals surface area contributed by atoms with Crippen molar-refractivity contribution in [2.75, 3.05) is 6.54 Å². The zero-order chi connectivity index (χ0) is 13.8. The van der Waals surface area contributed by atoms with Crippen LogP contribution in [-0.2, 0) is 0 Å². The molecule has 0 bridgehead atoms. The van der Waals surface area contributed by atoms with Crippen molar-refractivity contribution in [2.45, 2.75) is 40.2 Å². The van der Waals surface area contributed by atoms with Gasteiger partial charge in [0.15, 0.2) is 0 Å². The van der Waals surface area contributed by atoms with Crippen LogP contribution in [0.2, 0.25) is 0 Å². The van der Waals surface area contributed by atoms with E-state index in [0.29, 0.717) is 5.41 Å². The molecule has 0 aliphatic rings. The first-order chi connectivity index (χ1) is 8.29. The SMILES string of the molecule is CC(NCCC(C)(C)C)c1ccc([N+](=O)[O-])cc1. The van der Waals surface area contributed by atoms with Gasteiger partial charge < -0.3 is 5.32 Å². The number of hydrogen-bond donors (Lipinski definition) is 1. The standard InChI is InChI=1S/C14H22N2O2/c1-11(15-10-9-14(2,3)4)12-5-7-13(8-6-12)16(17)18/h5-8,11,15H,9-10H2,1-4H3. The molecule has 1 aromatic carbocycles. The van der Waals surface area contributed by atoms with Crippen molar-refractivity contribution in [2.24, 2.45) is 5.41 Å². The van der Waals surface area contributed by atoms with Gasteiger partial charge in [0.25, 0.3) is 5.69 Å². The fourth-order valence-electron chi connectivity index (χ4n) is 1.67. The van der Waals surface area contributed by atoms with Crippen molar-refractivity contribution < 1.29 is 4.92 Å². The van der Waals surface area contributed by atoms with Crippen molar-refractivity contribution in [3.05, 3.63) is 39.9 Å². The minimum atomic E-state index is -0.374. The smallest absolute Gasteiger partial charge is 0.269 e. The van der Waals surface area contributed by atoms with Crippen molar-refractivity contribution in [1.29, 1.82) is 0 Å². The van der Waals surface area contributed by atoms with Gasteiger partial charge in [-0.1, -0.05) is 32.9 Å². The van der Waals surface area contributed by atoms with E-state index in [0.717, 1.165) is 18.5 Å². The number of rotatable bonds is 5. The van der Waals surface area contributed by atoms with Gasteiger partial charge in [0, 0.05) is 18.2 Å². The summed E-state index contributed by atoms with van der Waals surface area (Å²) in [6.07, 6.45) is 1.10. The molecule has 4 heteroatoms. The molecule has 1 N–H and O–H groups in total. The van der Waals surface area contributed by atoms with Crippen molar-refractivity contribution in [1.82, 2.24) is 5.32 Å². The second kappa shape index (κ2) is 5.96. The van der Waals surface area contributed by atoms with Crippen molar-refractivity contribution >= 4 is 5.69 Å². The fraction of sp³-hybridized carbons (Fsp3) is 0.571. The van der Waals surface area contributed by atoms with Crippen LogP contribution in [0.1, 0.15) is 45.7 Å². The predicted molar refractivity (Wildman–Crippen MR) is 73.6 cm³/mol. The summed E-state index contributed by atoms with van der Waals surface area (Å²) in [4.78, 5) is 10.2. The maximum absolute atomic E-state index is 10.6. The Morgan fingerprint density at radius 3 is 2.28 bits per heavy atom. The number of nitrogens with zero attached hydrogens (tertiary/aromatic N) is 1. The molecule has 0 saturated heterocycles. The number of hydrogen-bond acceptors (Lipinski definition) is 3. The molecule has 1 unspecified atom stereocenters. The normalized spacial score (nSPS) is 13.3. The quantitative estimate of drug-likeness (QED) is 0.640. The third kappa shape index (κ3) is 4.84. The van der Waals surface area contributed by atoms with E-state index in [4.69, 9.17) is 0 Å². The van der Waals surface area contributed by atoms with Gasteiger partial charge in [0.2, 0.25) is 0 Å². The molecule has 0 spiro atoms. The Kier molecular flexibility index (Phi) is 4.84. The van der Waals surface area contributed by atoms with Gasteiger partial charge in [0.1, 0.15) is 0 Å². The first kappa shape index (κ1) is 14.6. The van der Waals surface area contributed by atoms with Crippen LogP contribution in [-0.4, -0.2) is 11.5 Å². The Morgan fingerprint density at radius 2 is 1.83 bits per heavy atom. The van der Waals surface area contributed by atoms with Crippen LogP contribution in [0.5, 0.6) is 0 Å². The molecule has 1 atom stereocenters. The van der Waals surface area contributed by atoms with Crippen molar-refractivity contribution in [3.63, 3.8) is 0 Å². The maximum Gasteiger partial charge on any atom is 0.269 e. The van der Waals surface area contributed by atoms with Gasteiger partial charge in [-0.3, -0.25) is 10.1 Å². The summed E-state index contributed by atoms with van der Waals surface area (Å²) in [5.41, 5.74) is 1.54. The number of non-ortho nitro benzene ring substituents is 1. The third-order valence-electron chi connectivity index (χ3n) is 2.93. The molecule has 0 aliphatic heterocycles. The fourth-order valence-corrected chi connectivity index (χ4v) is 1.67. The van der Waals surface area contributed by atoms with Crippen LogP contribution < -0.4 is 5.32 Å². The predicted octanol–water partition coefficient (Wildman–Crippen LogP) is 3.68. The molecular weight excluding hydrogens is 228 g/mol. The highest BCUT2D eigenvalue weighted by atomic mass is 16.6. The number of nitro benzene ring substituents is 1. The first-order valence-electron chi connectivity index (χ1n) is 6.27. The topological polar surface area (TPSA) is 55.2 Å². The maximum atomic E-state index is 10.6. The van der Waals surface area contributed by atoms with E-state index in [1.54, 1.807) is 12.1 Å². The van der Waals surface area contributed by atoms with E-state index < -0.39 is 0 Å². The lowest BCUT2D eigenvalue weighted by Crippen LogP contribution is -2.23. The molecule has 1 aromatic rings.